The van der Waals surface area contributed by atoms with Gasteiger partial charge in [0.2, 0.25) is 5.43 Å². The minimum absolute atomic E-state index is 0.0912. The minimum Gasteiger partial charge on any atom is -0.493 e. The first kappa shape index (κ1) is 20.1. The Labute approximate surface area is 166 Å². The molecular formula is C21H20FN3O4. The third-order valence-electron chi connectivity index (χ3n) is 4.33. The summed E-state index contributed by atoms with van der Waals surface area (Å²) in [4.78, 5) is 24.9. The number of halogens is 1. The second-order valence-corrected chi connectivity index (χ2v) is 6.20. The van der Waals surface area contributed by atoms with Gasteiger partial charge in [0.05, 0.1) is 14.2 Å². The first-order valence-electron chi connectivity index (χ1n) is 8.80. The topological polar surface area (TPSA) is 82.5 Å². The number of aryl methyl sites for hydroxylation is 1. The van der Waals surface area contributed by atoms with E-state index in [-0.39, 0.29) is 17.9 Å². The number of ether oxygens (including phenoxy) is 2. The maximum atomic E-state index is 14.1. The van der Waals surface area contributed by atoms with Crippen LogP contribution < -0.4 is 20.2 Å². The molecule has 3 aromatic rings. The number of methoxy groups -OCH3 is 2. The molecule has 1 N–H and O–H groups in total. The zero-order chi connectivity index (χ0) is 21.0. The molecule has 0 aliphatic carbocycles. The molecule has 2 aromatic carbocycles. The summed E-state index contributed by atoms with van der Waals surface area (Å²) in [5, 5.41) is 6.74. The van der Waals surface area contributed by atoms with Crippen LogP contribution in [-0.4, -0.2) is 29.9 Å². The van der Waals surface area contributed by atoms with Crippen molar-refractivity contribution in [2.45, 2.75) is 13.5 Å². The number of rotatable bonds is 6. The zero-order valence-corrected chi connectivity index (χ0v) is 16.2. The molecule has 3 rings (SSSR count). The monoisotopic (exact) mass is 397 g/mol. The van der Waals surface area contributed by atoms with Crippen LogP contribution in [0, 0.1) is 12.7 Å². The van der Waals surface area contributed by atoms with Gasteiger partial charge in [-0.2, -0.15) is 5.10 Å². The van der Waals surface area contributed by atoms with Crippen LogP contribution in [0.1, 0.15) is 21.7 Å². The molecule has 0 aliphatic heterocycles. The quantitative estimate of drug-likeness (QED) is 0.692. The fraction of sp³-hybridized carbons (Fsp3) is 0.190. The van der Waals surface area contributed by atoms with E-state index in [1.54, 1.807) is 37.3 Å². The third-order valence-corrected chi connectivity index (χ3v) is 4.33. The molecule has 0 unspecified atom stereocenters. The Morgan fingerprint density at radius 3 is 2.59 bits per heavy atom. The number of carbonyl (C=O) groups excluding carboxylic acids is 1. The lowest BCUT2D eigenvalue weighted by Gasteiger charge is -2.14. The van der Waals surface area contributed by atoms with Gasteiger partial charge in [-0.15, -0.1) is 0 Å². The highest BCUT2D eigenvalue weighted by Crippen LogP contribution is 2.30. The molecule has 8 heteroatoms. The molecule has 0 aliphatic rings. The molecule has 0 atom stereocenters. The van der Waals surface area contributed by atoms with Gasteiger partial charge in [-0.25, -0.2) is 9.07 Å². The van der Waals surface area contributed by atoms with Gasteiger partial charge >= 0.3 is 0 Å². The average Bonchev–Trinajstić information content (AvgIpc) is 2.72. The highest BCUT2D eigenvalue weighted by molar-refractivity contribution is 5.92. The van der Waals surface area contributed by atoms with E-state index in [1.165, 1.54) is 37.1 Å². The fourth-order valence-corrected chi connectivity index (χ4v) is 2.92. The van der Waals surface area contributed by atoms with Gasteiger partial charge in [0, 0.05) is 23.9 Å². The van der Waals surface area contributed by atoms with Crippen LogP contribution in [0.5, 0.6) is 11.5 Å². The predicted molar refractivity (Wildman–Crippen MR) is 105 cm³/mol. The summed E-state index contributed by atoms with van der Waals surface area (Å²) in [6.07, 6.45) is 0. The van der Waals surface area contributed by atoms with Crippen molar-refractivity contribution in [1.82, 2.24) is 15.1 Å². The van der Waals surface area contributed by atoms with Crippen LogP contribution in [0.15, 0.2) is 53.3 Å². The number of nitrogens with one attached hydrogen (secondary N) is 1. The van der Waals surface area contributed by atoms with Gasteiger partial charge in [-0.3, -0.25) is 9.59 Å². The number of aromatic nitrogens is 2. The molecule has 1 aromatic heterocycles. The van der Waals surface area contributed by atoms with E-state index in [2.05, 4.69) is 10.4 Å². The number of hydrogen-bond acceptors (Lipinski definition) is 5. The maximum absolute atomic E-state index is 14.1. The van der Waals surface area contributed by atoms with Crippen molar-refractivity contribution < 1.29 is 18.7 Å². The number of carbonyl (C=O) groups is 1. The van der Waals surface area contributed by atoms with Crippen molar-refractivity contribution in [3.05, 3.63) is 81.5 Å². The summed E-state index contributed by atoms with van der Waals surface area (Å²) < 4.78 is 26.0. The first-order chi connectivity index (χ1) is 14.0. The summed E-state index contributed by atoms with van der Waals surface area (Å²) in [5.41, 5.74) is 0.340. The maximum Gasteiger partial charge on any atom is 0.276 e. The first-order valence-corrected chi connectivity index (χ1v) is 8.80. The van der Waals surface area contributed by atoms with Gasteiger partial charge < -0.3 is 14.8 Å². The van der Waals surface area contributed by atoms with Gasteiger partial charge in [-0.05, 0) is 25.1 Å². The lowest BCUT2D eigenvalue weighted by atomic mass is 10.2. The van der Waals surface area contributed by atoms with Crippen LogP contribution in [0.25, 0.3) is 5.69 Å². The second-order valence-electron chi connectivity index (χ2n) is 6.20. The van der Waals surface area contributed by atoms with Crippen LogP contribution in [0.4, 0.5) is 4.39 Å². The molecule has 150 valence electrons. The average molecular weight is 397 g/mol. The zero-order valence-electron chi connectivity index (χ0n) is 16.2. The Morgan fingerprint density at radius 1 is 1.14 bits per heavy atom. The highest BCUT2D eigenvalue weighted by Gasteiger charge is 2.17. The van der Waals surface area contributed by atoms with Gasteiger partial charge in [0.15, 0.2) is 17.2 Å². The van der Waals surface area contributed by atoms with Crippen molar-refractivity contribution in [1.29, 1.82) is 0 Å². The number of amides is 1. The van der Waals surface area contributed by atoms with Crippen molar-refractivity contribution >= 4 is 5.91 Å². The van der Waals surface area contributed by atoms with Crippen molar-refractivity contribution in [2.24, 2.45) is 0 Å². The van der Waals surface area contributed by atoms with E-state index in [0.29, 0.717) is 22.8 Å². The third kappa shape index (κ3) is 4.11. The molecular weight excluding hydrogens is 377 g/mol. The Morgan fingerprint density at radius 2 is 1.90 bits per heavy atom. The fourth-order valence-electron chi connectivity index (χ4n) is 2.92. The lowest BCUT2D eigenvalue weighted by Crippen LogP contribution is -2.31. The summed E-state index contributed by atoms with van der Waals surface area (Å²) in [6.45, 7) is 1.71. The molecule has 0 spiro atoms. The van der Waals surface area contributed by atoms with Crippen molar-refractivity contribution in [3.63, 3.8) is 0 Å². The molecule has 1 heterocycles. The molecule has 1 amide bonds. The summed E-state index contributed by atoms with van der Waals surface area (Å²) >= 11 is 0. The van der Waals surface area contributed by atoms with Crippen molar-refractivity contribution in [3.8, 4) is 17.2 Å². The molecule has 0 radical (unpaired) electrons. The van der Waals surface area contributed by atoms with Crippen LogP contribution >= 0.6 is 0 Å². The summed E-state index contributed by atoms with van der Waals surface area (Å²) in [7, 11) is 3.01. The standard InChI is InChI=1S/C21H20FN3O4/c1-13-11-17(26)19(24-25(13)16-9-5-4-8-15(16)22)21(27)23-12-14-7-6-10-18(28-2)20(14)29-3/h4-11H,12H2,1-3H3,(H,23,27). The molecule has 0 fully saturated rings. The highest BCUT2D eigenvalue weighted by atomic mass is 19.1. The molecule has 7 nitrogen and oxygen atoms in total. The second kappa shape index (κ2) is 8.55. The Bertz CT molecular complexity index is 1110. The molecule has 0 saturated carbocycles. The van der Waals surface area contributed by atoms with E-state index in [4.69, 9.17) is 9.47 Å². The van der Waals surface area contributed by atoms with E-state index in [9.17, 15) is 14.0 Å². The minimum atomic E-state index is -0.676. The Balaban J connectivity index is 1.90. The number of nitrogens with zero attached hydrogens (tertiary/aromatic N) is 2. The molecule has 0 saturated heterocycles. The number of benzene rings is 2. The van der Waals surface area contributed by atoms with Gasteiger partial charge in [-0.1, -0.05) is 24.3 Å². The molecule has 29 heavy (non-hydrogen) atoms. The summed E-state index contributed by atoms with van der Waals surface area (Å²) in [5.74, 6) is -0.185. The van der Waals surface area contributed by atoms with E-state index >= 15 is 0 Å². The summed E-state index contributed by atoms with van der Waals surface area (Å²) in [6, 6.07) is 12.5. The van der Waals surface area contributed by atoms with Crippen LogP contribution in [0.3, 0.4) is 0 Å². The van der Waals surface area contributed by atoms with Gasteiger partial charge in [0.1, 0.15) is 11.5 Å². The molecule has 0 bridgehead atoms. The lowest BCUT2D eigenvalue weighted by molar-refractivity contribution is 0.0942. The van der Waals surface area contributed by atoms with Crippen LogP contribution in [0.2, 0.25) is 0 Å². The Kier molecular flexibility index (Phi) is 5.92. The number of hydrogen-bond donors (Lipinski definition) is 1. The van der Waals surface area contributed by atoms with E-state index in [0.717, 1.165) is 0 Å². The van der Waals surface area contributed by atoms with Gasteiger partial charge in [0.25, 0.3) is 5.91 Å². The number of para-hydroxylation sites is 2. The smallest absolute Gasteiger partial charge is 0.276 e. The Hall–Kier alpha value is -3.68. The van der Waals surface area contributed by atoms with Crippen LogP contribution in [-0.2, 0) is 6.54 Å². The van der Waals surface area contributed by atoms with Crippen molar-refractivity contribution in [2.75, 3.05) is 14.2 Å². The SMILES string of the molecule is COc1cccc(CNC(=O)c2nn(-c3ccccc3F)c(C)cc2=O)c1OC. The predicted octanol–water partition coefficient (Wildman–Crippen LogP) is 2.63. The normalized spacial score (nSPS) is 10.5. The van der Waals surface area contributed by atoms with E-state index in [1.807, 2.05) is 0 Å². The van der Waals surface area contributed by atoms with E-state index < -0.39 is 17.2 Å². The largest absolute Gasteiger partial charge is 0.493 e.